The number of nitrogens with zero attached hydrogens (tertiary/aromatic N) is 1. The van der Waals surface area contributed by atoms with E-state index in [2.05, 4.69) is 9.97 Å². The highest BCUT2D eigenvalue weighted by Gasteiger charge is 2.12. The summed E-state index contributed by atoms with van der Waals surface area (Å²) in [6.45, 7) is 1.47. The lowest BCUT2D eigenvalue weighted by Crippen LogP contribution is -2.09. The van der Waals surface area contributed by atoms with Crippen molar-refractivity contribution in [3.63, 3.8) is 0 Å². The van der Waals surface area contributed by atoms with Crippen LogP contribution in [0.2, 0.25) is 0 Å². The van der Waals surface area contributed by atoms with E-state index in [-0.39, 0.29) is 22.7 Å². The number of halogens is 2. The molecule has 0 radical (unpaired) electrons. The van der Waals surface area contributed by atoms with Gasteiger partial charge in [-0.15, -0.1) is 0 Å². The van der Waals surface area contributed by atoms with Crippen LogP contribution in [0, 0.1) is 17.0 Å². The van der Waals surface area contributed by atoms with Crippen LogP contribution in [0.5, 0.6) is 5.75 Å². The van der Waals surface area contributed by atoms with Gasteiger partial charge in [0.1, 0.15) is 23.2 Å². The van der Waals surface area contributed by atoms with E-state index in [1.807, 2.05) is 0 Å². The van der Waals surface area contributed by atoms with Gasteiger partial charge in [-0.3, -0.25) is 4.79 Å². The minimum absolute atomic E-state index is 0.0445. The Hall–Kier alpha value is -3.61. The van der Waals surface area contributed by atoms with Gasteiger partial charge in [-0.1, -0.05) is 0 Å². The molecule has 0 saturated heterocycles. The Kier molecular flexibility index (Phi) is 5.44. The number of rotatable bonds is 5. The van der Waals surface area contributed by atoms with Gasteiger partial charge in [-0.2, -0.15) is 0 Å². The average Bonchev–Trinajstić information content (AvgIpc) is 2.66. The number of benzene rings is 2. The second-order valence-corrected chi connectivity index (χ2v) is 6.05. The van der Waals surface area contributed by atoms with Crippen molar-refractivity contribution in [3.05, 3.63) is 81.9 Å². The third-order valence-corrected chi connectivity index (χ3v) is 4.05. The molecule has 1 aromatic heterocycles. The maximum absolute atomic E-state index is 14.2. The molecule has 5 nitrogen and oxygen atoms in total. The summed E-state index contributed by atoms with van der Waals surface area (Å²) < 4.78 is 32.5. The number of H-pyrrole nitrogens is 1. The molecule has 2 N–H and O–H groups in total. The van der Waals surface area contributed by atoms with E-state index in [0.29, 0.717) is 17.0 Å². The van der Waals surface area contributed by atoms with Crippen LogP contribution >= 0.6 is 0 Å². The smallest absolute Gasteiger partial charge is 0.251 e. The molecule has 142 valence electrons. The van der Waals surface area contributed by atoms with E-state index in [1.165, 1.54) is 25.1 Å². The summed E-state index contributed by atoms with van der Waals surface area (Å²) in [5.74, 6) is -0.686. The number of methoxy groups -OCH3 is 1. The minimum atomic E-state index is -0.800. The number of nitrogens with one attached hydrogen (secondary N) is 2. The van der Waals surface area contributed by atoms with E-state index in [1.54, 1.807) is 31.4 Å². The van der Waals surface area contributed by atoms with Gasteiger partial charge in [0, 0.05) is 34.5 Å². The van der Waals surface area contributed by atoms with Crippen LogP contribution in [-0.4, -0.2) is 22.8 Å². The van der Waals surface area contributed by atoms with E-state index in [4.69, 9.17) is 10.1 Å². The Balaban J connectivity index is 2.09. The lowest BCUT2D eigenvalue weighted by molar-refractivity contribution is 0.415. The summed E-state index contributed by atoms with van der Waals surface area (Å²) in [4.78, 5) is 19.0. The lowest BCUT2D eigenvalue weighted by Gasteiger charge is -2.09. The van der Waals surface area contributed by atoms with Crippen molar-refractivity contribution in [2.75, 3.05) is 7.11 Å². The first-order valence-electron chi connectivity index (χ1n) is 8.36. The fraction of sp³-hybridized carbons (Fsp3) is 0.0952. The third-order valence-electron chi connectivity index (χ3n) is 4.05. The molecule has 0 saturated carbocycles. The van der Waals surface area contributed by atoms with E-state index in [0.717, 1.165) is 12.1 Å². The molecule has 1 heterocycles. The summed E-state index contributed by atoms with van der Waals surface area (Å²) >= 11 is 0. The monoisotopic (exact) mass is 381 g/mol. The van der Waals surface area contributed by atoms with Crippen molar-refractivity contribution in [2.45, 2.75) is 6.92 Å². The predicted octanol–water partition coefficient (Wildman–Crippen LogP) is 4.30. The molecule has 3 rings (SSSR count). The van der Waals surface area contributed by atoms with Crippen LogP contribution in [0.3, 0.4) is 0 Å². The first-order valence-corrected chi connectivity index (χ1v) is 8.36. The molecule has 0 unspecified atom stereocenters. The number of aromatic nitrogens is 2. The molecule has 0 aliphatic rings. The van der Waals surface area contributed by atoms with Crippen molar-refractivity contribution in [1.29, 1.82) is 5.41 Å². The van der Waals surface area contributed by atoms with E-state index >= 15 is 0 Å². The van der Waals surface area contributed by atoms with E-state index < -0.39 is 17.2 Å². The zero-order valence-electron chi connectivity index (χ0n) is 15.2. The van der Waals surface area contributed by atoms with Crippen LogP contribution in [0.25, 0.3) is 22.9 Å². The molecular formula is C21H17F2N3O2. The zero-order valence-corrected chi connectivity index (χ0v) is 15.2. The van der Waals surface area contributed by atoms with Crippen LogP contribution in [0.1, 0.15) is 18.3 Å². The standard InChI is InChI=1S/C21H17F2N3O2/c1-12(24)17(16-8-5-14(22)9-18(16)23)10-20-25-19(11-21(27)26-20)13-3-6-15(28-2)7-4-13/h3-11,24H,1-2H3,(H,25,26,27). The highest BCUT2D eigenvalue weighted by atomic mass is 19.1. The summed E-state index contributed by atoms with van der Waals surface area (Å²) in [7, 11) is 1.55. The second-order valence-electron chi connectivity index (χ2n) is 6.05. The molecule has 0 spiro atoms. The molecule has 28 heavy (non-hydrogen) atoms. The summed E-state index contributed by atoms with van der Waals surface area (Å²) in [5, 5.41) is 7.94. The first-order chi connectivity index (χ1) is 13.4. The SMILES string of the molecule is COc1ccc(-c2cc(=O)[nH]c(C=C(C(C)=N)c3ccc(F)cc3F)n2)cc1. The molecule has 7 heteroatoms. The topological polar surface area (TPSA) is 78.8 Å². The normalized spacial score (nSPS) is 11.4. The highest BCUT2D eigenvalue weighted by molar-refractivity contribution is 6.25. The molecule has 0 aliphatic heterocycles. The Labute approximate surface area is 159 Å². The van der Waals surface area contributed by atoms with Crippen molar-refractivity contribution >= 4 is 17.4 Å². The molecule has 0 bridgehead atoms. The largest absolute Gasteiger partial charge is 0.497 e. The van der Waals surface area contributed by atoms with Crippen molar-refractivity contribution in [3.8, 4) is 17.0 Å². The van der Waals surface area contributed by atoms with Gasteiger partial charge in [0.15, 0.2) is 0 Å². The zero-order chi connectivity index (χ0) is 20.3. The molecule has 0 fully saturated rings. The quantitative estimate of drug-likeness (QED) is 0.647. The Morgan fingerprint density at radius 1 is 1.14 bits per heavy atom. The van der Waals surface area contributed by atoms with Gasteiger partial charge in [-0.05, 0) is 49.4 Å². The first kappa shape index (κ1) is 19.2. The van der Waals surface area contributed by atoms with Gasteiger partial charge in [-0.25, -0.2) is 13.8 Å². The molecule has 0 atom stereocenters. The van der Waals surface area contributed by atoms with E-state index in [9.17, 15) is 13.6 Å². The second kappa shape index (κ2) is 7.96. The molecule has 0 amide bonds. The number of hydrogen-bond acceptors (Lipinski definition) is 4. The van der Waals surface area contributed by atoms with Gasteiger partial charge >= 0.3 is 0 Å². The van der Waals surface area contributed by atoms with Gasteiger partial charge < -0.3 is 15.1 Å². The van der Waals surface area contributed by atoms with Crippen molar-refractivity contribution in [1.82, 2.24) is 9.97 Å². The summed E-state index contributed by atoms with van der Waals surface area (Å²) in [6, 6.07) is 11.5. The number of ether oxygens (including phenoxy) is 1. The number of allylic oxidation sites excluding steroid dienone is 1. The summed E-state index contributed by atoms with van der Waals surface area (Å²) in [5.41, 5.74) is 0.998. The lowest BCUT2D eigenvalue weighted by atomic mass is 10.0. The third kappa shape index (κ3) is 4.20. The number of hydrogen-bond donors (Lipinski definition) is 2. The van der Waals surface area contributed by atoms with Gasteiger partial charge in [0.05, 0.1) is 12.8 Å². The molecule has 0 aliphatic carbocycles. The van der Waals surface area contributed by atoms with Crippen LogP contribution in [0.15, 0.2) is 53.3 Å². The predicted molar refractivity (Wildman–Crippen MR) is 104 cm³/mol. The van der Waals surface area contributed by atoms with Gasteiger partial charge in [0.2, 0.25) is 0 Å². The van der Waals surface area contributed by atoms with Crippen LogP contribution in [-0.2, 0) is 0 Å². The molecular weight excluding hydrogens is 364 g/mol. The summed E-state index contributed by atoms with van der Waals surface area (Å²) in [6.07, 6.45) is 1.40. The fourth-order valence-corrected chi connectivity index (χ4v) is 2.69. The van der Waals surface area contributed by atoms with Crippen molar-refractivity contribution < 1.29 is 13.5 Å². The average molecular weight is 381 g/mol. The Morgan fingerprint density at radius 3 is 2.46 bits per heavy atom. The number of aromatic amines is 1. The molecule has 2 aromatic carbocycles. The molecule has 3 aromatic rings. The minimum Gasteiger partial charge on any atom is -0.497 e. The fourth-order valence-electron chi connectivity index (χ4n) is 2.69. The van der Waals surface area contributed by atoms with Crippen molar-refractivity contribution in [2.24, 2.45) is 0 Å². The Morgan fingerprint density at radius 2 is 1.86 bits per heavy atom. The maximum atomic E-state index is 14.2. The van der Waals surface area contributed by atoms with Crippen LogP contribution < -0.4 is 10.3 Å². The van der Waals surface area contributed by atoms with Crippen LogP contribution in [0.4, 0.5) is 8.78 Å². The highest BCUT2D eigenvalue weighted by Crippen LogP contribution is 2.24. The van der Waals surface area contributed by atoms with Gasteiger partial charge in [0.25, 0.3) is 5.56 Å². The maximum Gasteiger partial charge on any atom is 0.251 e. The Bertz CT molecular complexity index is 1120.